The van der Waals surface area contributed by atoms with Crippen LogP contribution in [0.5, 0.6) is 0 Å². The number of hydrogen-bond acceptors (Lipinski definition) is 4. The maximum Gasteiger partial charge on any atom is 0.191 e. The van der Waals surface area contributed by atoms with Crippen molar-refractivity contribution in [3.05, 3.63) is 6.33 Å². The van der Waals surface area contributed by atoms with Gasteiger partial charge in [0.05, 0.1) is 6.10 Å². The fourth-order valence-electron chi connectivity index (χ4n) is 2.56. The number of hydrogen-bond donors (Lipinski definition) is 1. The molecule has 0 bridgehead atoms. The van der Waals surface area contributed by atoms with Crippen LogP contribution in [0.2, 0.25) is 0 Å². The van der Waals surface area contributed by atoms with E-state index in [0.717, 1.165) is 23.2 Å². The third-order valence-corrected chi connectivity index (χ3v) is 4.68. The molecule has 1 atom stereocenters. The summed E-state index contributed by atoms with van der Waals surface area (Å²) in [6.07, 6.45) is 7.76. The van der Waals surface area contributed by atoms with E-state index in [1.165, 1.54) is 25.7 Å². The van der Waals surface area contributed by atoms with Gasteiger partial charge in [0.2, 0.25) is 0 Å². The Morgan fingerprint density at radius 3 is 2.83 bits per heavy atom. The Labute approximate surface area is 113 Å². The Morgan fingerprint density at radius 1 is 1.44 bits per heavy atom. The van der Waals surface area contributed by atoms with Gasteiger partial charge in [0.15, 0.2) is 5.16 Å². The minimum absolute atomic E-state index is 0.213. The molecule has 1 aromatic heterocycles. The molecule has 5 heteroatoms. The van der Waals surface area contributed by atoms with Crippen molar-refractivity contribution >= 4 is 11.8 Å². The Bertz CT molecular complexity index is 361. The molecule has 1 fully saturated rings. The number of aromatic nitrogens is 3. The van der Waals surface area contributed by atoms with Crippen LogP contribution in [0, 0.1) is 5.92 Å². The summed E-state index contributed by atoms with van der Waals surface area (Å²) in [6.45, 7) is 4.23. The highest BCUT2D eigenvalue weighted by molar-refractivity contribution is 7.99. The van der Waals surface area contributed by atoms with Gasteiger partial charge >= 0.3 is 0 Å². The molecule has 1 N–H and O–H groups in total. The van der Waals surface area contributed by atoms with Gasteiger partial charge in [-0.25, -0.2) is 0 Å². The van der Waals surface area contributed by atoms with Gasteiger partial charge in [0.1, 0.15) is 6.33 Å². The van der Waals surface area contributed by atoms with Gasteiger partial charge < -0.3 is 9.67 Å². The van der Waals surface area contributed by atoms with Crippen molar-refractivity contribution in [3.63, 3.8) is 0 Å². The maximum absolute atomic E-state index is 10.1. The first-order valence-corrected chi connectivity index (χ1v) is 7.85. The van der Waals surface area contributed by atoms with E-state index in [1.54, 1.807) is 18.1 Å². The fraction of sp³-hybridized carbons (Fsp3) is 0.846. The average Bonchev–Trinajstić information content (AvgIpc) is 2.96. The molecule has 1 saturated carbocycles. The predicted molar refractivity (Wildman–Crippen MR) is 73.7 cm³/mol. The van der Waals surface area contributed by atoms with E-state index < -0.39 is 0 Å². The summed E-state index contributed by atoms with van der Waals surface area (Å²) in [6, 6.07) is 0.370. The van der Waals surface area contributed by atoms with E-state index in [0.29, 0.717) is 6.04 Å². The lowest BCUT2D eigenvalue weighted by atomic mass is 10.0. The molecular formula is C13H23N3OS. The third kappa shape index (κ3) is 3.72. The lowest BCUT2D eigenvalue weighted by Crippen LogP contribution is -2.15. The Kier molecular flexibility index (Phi) is 5.06. The van der Waals surface area contributed by atoms with Gasteiger partial charge in [-0.2, -0.15) is 0 Å². The number of aliphatic hydroxyl groups excluding tert-OH is 1. The van der Waals surface area contributed by atoms with E-state index in [9.17, 15) is 5.11 Å². The van der Waals surface area contributed by atoms with Crippen LogP contribution in [0.15, 0.2) is 11.5 Å². The summed E-state index contributed by atoms with van der Waals surface area (Å²) in [5.74, 6) is 1.46. The van der Waals surface area contributed by atoms with E-state index in [-0.39, 0.29) is 6.10 Å². The molecule has 1 heterocycles. The second-order valence-corrected chi connectivity index (χ2v) is 6.45. The summed E-state index contributed by atoms with van der Waals surface area (Å²) < 4.78 is 2.05. The van der Waals surface area contributed by atoms with E-state index in [4.69, 9.17) is 0 Å². The van der Waals surface area contributed by atoms with Crippen LogP contribution in [-0.4, -0.2) is 31.7 Å². The highest BCUT2D eigenvalue weighted by Gasteiger charge is 2.19. The first-order valence-electron chi connectivity index (χ1n) is 6.87. The fourth-order valence-corrected chi connectivity index (χ4v) is 3.55. The molecule has 0 radical (unpaired) electrons. The second kappa shape index (κ2) is 6.57. The predicted octanol–water partition coefficient (Wildman–Crippen LogP) is 2.89. The number of rotatable bonds is 6. The van der Waals surface area contributed by atoms with Crippen LogP contribution in [0.25, 0.3) is 0 Å². The van der Waals surface area contributed by atoms with Crippen molar-refractivity contribution in [2.24, 2.45) is 5.92 Å². The molecule has 1 aliphatic carbocycles. The third-order valence-electron chi connectivity index (χ3n) is 3.58. The van der Waals surface area contributed by atoms with Crippen molar-refractivity contribution in [2.45, 2.75) is 63.3 Å². The molecule has 0 spiro atoms. The zero-order valence-electron chi connectivity index (χ0n) is 11.2. The molecular weight excluding hydrogens is 246 g/mol. The number of nitrogens with zero attached hydrogens (tertiary/aromatic N) is 3. The van der Waals surface area contributed by atoms with Crippen LogP contribution in [-0.2, 0) is 0 Å². The molecule has 1 aliphatic rings. The van der Waals surface area contributed by atoms with Crippen LogP contribution in [0.4, 0.5) is 0 Å². The van der Waals surface area contributed by atoms with Crippen molar-refractivity contribution in [1.82, 2.24) is 14.8 Å². The van der Waals surface area contributed by atoms with E-state index in [1.807, 2.05) is 4.57 Å². The Balaban J connectivity index is 1.77. The normalized spacial score (nSPS) is 18.7. The van der Waals surface area contributed by atoms with Gasteiger partial charge in [0.25, 0.3) is 0 Å². The minimum atomic E-state index is -0.213. The summed E-state index contributed by atoms with van der Waals surface area (Å²) in [7, 11) is 0. The Morgan fingerprint density at radius 2 is 2.17 bits per heavy atom. The molecule has 0 aliphatic heterocycles. The van der Waals surface area contributed by atoms with Gasteiger partial charge in [-0.3, -0.25) is 0 Å². The lowest BCUT2D eigenvalue weighted by Gasteiger charge is -2.15. The van der Waals surface area contributed by atoms with Crippen LogP contribution in [0.1, 0.15) is 52.0 Å². The largest absolute Gasteiger partial charge is 0.392 e. The van der Waals surface area contributed by atoms with Gasteiger partial charge in [-0.05, 0) is 26.2 Å². The van der Waals surface area contributed by atoms with Crippen molar-refractivity contribution in [2.75, 3.05) is 5.75 Å². The zero-order valence-corrected chi connectivity index (χ0v) is 12.1. The van der Waals surface area contributed by atoms with E-state index >= 15 is 0 Å². The highest BCUT2D eigenvalue weighted by Crippen LogP contribution is 2.30. The van der Waals surface area contributed by atoms with Gasteiger partial charge in [0, 0.05) is 11.8 Å². The molecule has 1 aromatic rings. The van der Waals surface area contributed by atoms with Crippen LogP contribution < -0.4 is 0 Å². The molecule has 1 unspecified atom stereocenters. The molecule has 4 nitrogen and oxygen atoms in total. The Hall–Kier alpha value is -0.550. The summed E-state index contributed by atoms with van der Waals surface area (Å²) in [4.78, 5) is 0. The molecule has 0 amide bonds. The molecule has 0 saturated heterocycles. The average molecular weight is 269 g/mol. The van der Waals surface area contributed by atoms with Crippen molar-refractivity contribution in [3.8, 4) is 0 Å². The van der Waals surface area contributed by atoms with Crippen molar-refractivity contribution < 1.29 is 5.11 Å². The zero-order chi connectivity index (χ0) is 13.0. The lowest BCUT2D eigenvalue weighted by molar-refractivity contribution is 0.165. The van der Waals surface area contributed by atoms with Crippen LogP contribution >= 0.6 is 11.8 Å². The SMILES string of the molecule is CC(C)n1cnnc1SCC(O)CC1CCCC1. The minimum Gasteiger partial charge on any atom is -0.392 e. The molecule has 18 heavy (non-hydrogen) atoms. The quantitative estimate of drug-likeness (QED) is 0.807. The van der Waals surface area contributed by atoms with Crippen LogP contribution in [0.3, 0.4) is 0 Å². The van der Waals surface area contributed by atoms with Gasteiger partial charge in [-0.1, -0.05) is 37.4 Å². The first kappa shape index (κ1) is 13.9. The maximum atomic E-state index is 10.1. The van der Waals surface area contributed by atoms with Crippen molar-refractivity contribution in [1.29, 1.82) is 0 Å². The summed E-state index contributed by atoms with van der Waals surface area (Å²) in [5.41, 5.74) is 0. The first-order chi connectivity index (χ1) is 8.66. The number of aliphatic hydroxyl groups is 1. The molecule has 0 aromatic carbocycles. The topological polar surface area (TPSA) is 50.9 Å². The summed E-state index contributed by atoms with van der Waals surface area (Å²) >= 11 is 1.61. The van der Waals surface area contributed by atoms with E-state index in [2.05, 4.69) is 24.0 Å². The molecule has 2 rings (SSSR count). The summed E-state index contributed by atoms with van der Waals surface area (Å²) in [5, 5.41) is 19.0. The van der Waals surface area contributed by atoms with Gasteiger partial charge in [-0.15, -0.1) is 10.2 Å². The second-order valence-electron chi connectivity index (χ2n) is 5.47. The monoisotopic (exact) mass is 269 g/mol. The molecule has 102 valence electrons. The highest BCUT2D eigenvalue weighted by atomic mass is 32.2. The number of thioether (sulfide) groups is 1. The smallest absolute Gasteiger partial charge is 0.191 e. The standard InChI is InChI=1S/C13H23N3OS/c1-10(2)16-9-14-15-13(16)18-8-12(17)7-11-5-3-4-6-11/h9-12,17H,3-8H2,1-2H3.